The average molecular weight is 271 g/mol. The molecule has 1 aliphatic heterocycles. The van der Waals surface area contributed by atoms with Gasteiger partial charge in [0.05, 0.1) is 12.5 Å². The molecule has 1 heterocycles. The number of nitriles is 1. The molecular weight excluding hydrogens is 250 g/mol. The Morgan fingerprint density at radius 2 is 2.10 bits per heavy atom. The van der Waals surface area contributed by atoms with Gasteiger partial charge in [-0.2, -0.15) is 5.26 Å². The fraction of sp³-hybridized carbons (Fsp3) is 0.500. The molecule has 0 unspecified atom stereocenters. The molecule has 4 heteroatoms. The van der Waals surface area contributed by atoms with Gasteiger partial charge in [-0.05, 0) is 24.9 Å². The second kappa shape index (κ2) is 7.66. The fourth-order valence-electron chi connectivity index (χ4n) is 2.55. The molecule has 2 rings (SSSR count). The largest absolute Gasteiger partial charge is 0.342 e. The Morgan fingerprint density at radius 1 is 1.30 bits per heavy atom. The van der Waals surface area contributed by atoms with Crippen molar-refractivity contribution in [2.24, 2.45) is 0 Å². The highest BCUT2D eigenvalue weighted by molar-refractivity contribution is 5.77. The Hall–Kier alpha value is -1.86. The van der Waals surface area contributed by atoms with Crippen LogP contribution in [-0.2, 0) is 4.79 Å². The van der Waals surface area contributed by atoms with Crippen molar-refractivity contribution in [2.75, 3.05) is 19.6 Å². The van der Waals surface area contributed by atoms with Crippen molar-refractivity contribution in [1.29, 1.82) is 5.26 Å². The lowest BCUT2D eigenvalue weighted by Crippen LogP contribution is -2.34. The zero-order chi connectivity index (χ0) is 14.2. The molecule has 0 saturated carbocycles. The molecule has 1 saturated heterocycles. The van der Waals surface area contributed by atoms with E-state index in [0.29, 0.717) is 19.4 Å². The van der Waals surface area contributed by atoms with Crippen LogP contribution in [0.15, 0.2) is 30.3 Å². The zero-order valence-corrected chi connectivity index (χ0v) is 11.7. The number of benzene rings is 1. The first-order valence-corrected chi connectivity index (χ1v) is 7.24. The van der Waals surface area contributed by atoms with Crippen molar-refractivity contribution >= 4 is 5.91 Å². The normalized spacial score (nSPS) is 20.6. The number of rotatable bonds is 3. The van der Waals surface area contributed by atoms with E-state index in [1.807, 2.05) is 23.1 Å². The van der Waals surface area contributed by atoms with E-state index in [1.54, 1.807) is 0 Å². The second-order valence-corrected chi connectivity index (χ2v) is 5.12. The molecule has 1 N–H and O–H groups in total. The second-order valence-electron chi connectivity index (χ2n) is 5.12. The van der Waals surface area contributed by atoms with E-state index < -0.39 is 0 Å². The number of hydrogen-bond donors (Lipinski definition) is 1. The van der Waals surface area contributed by atoms with Crippen molar-refractivity contribution in [3.63, 3.8) is 0 Å². The molecule has 1 amide bonds. The Labute approximate surface area is 120 Å². The molecule has 1 atom stereocenters. The highest BCUT2D eigenvalue weighted by atomic mass is 16.2. The summed E-state index contributed by atoms with van der Waals surface area (Å²) in [7, 11) is 0. The van der Waals surface area contributed by atoms with Gasteiger partial charge in [-0.1, -0.05) is 30.3 Å². The molecule has 0 bridgehead atoms. The Morgan fingerprint density at radius 3 is 2.85 bits per heavy atom. The Kier molecular flexibility index (Phi) is 5.57. The Bertz CT molecular complexity index is 466. The smallest absolute Gasteiger partial charge is 0.224 e. The maximum Gasteiger partial charge on any atom is 0.224 e. The Balaban J connectivity index is 2.07. The van der Waals surface area contributed by atoms with Crippen LogP contribution in [0.5, 0.6) is 0 Å². The minimum Gasteiger partial charge on any atom is -0.342 e. The van der Waals surface area contributed by atoms with Gasteiger partial charge in [-0.15, -0.1) is 0 Å². The summed E-state index contributed by atoms with van der Waals surface area (Å²) in [5, 5.41) is 12.2. The van der Waals surface area contributed by atoms with Gasteiger partial charge >= 0.3 is 0 Å². The highest BCUT2D eigenvalue weighted by Crippen LogP contribution is 2.19. The standard InChI is InChI=1S/C16H21N3O/c17-9-6-12-19-11-5-4-10-18-15(13-16(19)20)14-7-2-1-3-8-14/h1-3,7-8,15,18H,4-6,10-13H2/t15-/m0/s1. The van der Waals surface area contributed by atoms with E-state index >= 15 is 0 Å². The molecule has 1 fully saturated rings. The number of nitrogens with one attached hydrogen (secondary N) is 1. The van der Waals surface area contributed by atoms with Gasteiger partial charge in [0.25, 0.3) is 0 Å². The van der Waals surface area contributed by atoms with Gasteiger partial charge in [0.2, 0.25) is 5.91 Å². The number of amides is 1. The third-order valence-corrected chi connectivity index (χ3v) is 3.67. The van der Waals surface area contributed by atoms with Crippen LogP contribution in [0.25, 0.3) is 0 Å². The van der Waals surface area contributed by atoms with Crippen LogP contribution in [-0.4, -0.2) is 30.4 Å². The molecule has 0 radical (unpaired) electrons. The van der Waals surface area contributed by atoms with Gasteiger partial charge in [0.1, 0.15) is 0 Å². The highest BCUT2D eigenvalue weighted by Gasteiger charge is 2.21. The summed E-state index contributed by atoms with van der Waals surface area (Å²) in [4.78, 5) is 14.2. The van der Waals surface area contributed by atoms with Crippen LogP contribution in [0.1, 0.15) is 37.3 Å². The quantitative estimate of drug-likeness (QED) is 0.917. The minimum atomic E-state index is 0.0754. The van der Waals surface area contributed by atoms with Crippen LogP contribution in [0.4, 0.5) is 0 Å². The lowest BCUT2D eigenvalue weighted by atomic mass is 10.0. The maximum atomic E-state index is 12.4. The fourth-order valence-corrected chi connectivity index (χ4v) is 2.55. The van der Waals surface area contributed by atoms with Crippen LogP contribution >= 0.6 is 0 Å². The maximum absolute atomic E-state index is 12.4. The van der Waals surface area contributed by atoms with Crippen molar-refractivity contribution in [2.45, 2.75) is 31.7 Å². The van der Waals surface area contributed by atoms with Crippen LogP contribution < -0.4 is 5.32 Å². The summed E-state index contributed by atoms with van der Waals surface area (Å²) < 4.78 is 0. The molecule has 0 aliphatic carbocycles. The molecule has 1 aromatic rings. The van der Waals surface area contributed by atoms with Gasteiger partial charge in [-0.3, -0.25) is 4.79 Å². The van der Waals surface area contributed by atoms with Gasteiger partial charge in [0.15, 0.2) is 0 Å². The molecule has 20 heavy (non-hydrogen) atoms. The monoisotopic (exact) mass is 271 g/mol. The van der Waals surface area contributed by atoms with Crippen molar-refractivity contribution < 1.29 is 4.79 Å². The number of carbonyl (C=O) groups is 1. The van der Waals surface area contributed by atoms with Crippen molar-refractivity contribution in [1.82, 2.24) is 10.2 Å². The van der Waals surface area contributed by atoms with E-state index in [1.165, 1.54) is 0 Å². The molecule has 1 aliphatic rings. The molecule has 0 aromatic heterocycles. The summed E-state index contributed by atoms with van der Waals surface area (Å²) in [5.41, 5.74) is 1.16. The molecule has 4 nitrogen and oxygen atoms in total. The van der Waals surface area contributed by atoms with E-state index in [2.05, 4.69) is 23.5 Å². The SMILES string of the molecule is N#CCCN1CCCCN[C@H](c2ccccc2)CC1=O. The number of nitrogens with zero attached hydrogens (tertiary/aromatic N) is 2. The van der Waals surface area contributed by atoms with Crippen molar-refractivity contribution in [3.8, 4) is 6.07 Å². The third kappa shape index (κ3) is 4.07. The van der Waals surface area contributed by atoms with Gasteiger partial charge < -0.3 is 10.2 Å². The zero-order valence-electron chi connectivity index (χ0n) is 11.7. The van der Waals surface area contributed by atoms with E-state index in [9.17, 15) is 4.79 Å². The third-order valence-electron chi connectivity index (χ3n) is 3.67. The summed E-state index contributed by atoms with van der Waals surface area (Å²) in [6.45, 7) is 2.25. The van der Waals surface area contributed by atoms with E-state index in [4.69, 9.17) is 5.26 Å². The van der Waals surface area contributed by atoms with Gasteiger partial charge in [0, 0.05) is 25.6 Å². The minimum absolute atomic E-state index is 0.0754. The van der Waals surface area contributed by atoms with Gasteiger partial charge in [-0.25, -0.2) is 0 Å². The van der Waals surface area contributed by atoms with Crippen LogP contribution in [0.2, 0.25) is 0 Å². The number of hydrogen-bond acceptors (Lipinski definition) is 3. The van der Waals surface area contributed by atoms with E-state index in [-0.39, 0.29) is 11.9 Å². The first kappa shape index (κ1) is 14.5. The van der Waals surface area contributed by atoms with Crippen LogP contribution in [0, 0.1) is 11.3 Å². The predicted molar refractivity (Wildman–Crippen MR) is 77.8 cm³/mol. The summed E-state index contributed by atoms with van der Waals surface area (Å²) in [6, 6.07) is 12.3. The topological polar surface area (TPSA) is 56.1 Å². The first-order chi connectivity index (χ1) is 9.81. The summed E-state index contributed by atoms with van der Waals surface area (Å²) >= 11 is 0. The molecule has 1 aromatic carbocycles. The lowest BCUT2D eigenvalue weighted by molar-refractivity contribution is -0.131. The molecule has 0 spiro atoms. The number of carbonyl (C=O) groups excluding carboxylic acids is 1. The summed E-state index contributed by atoms with van der Waals surface area (Å²) in [6.07, 6.45) is 2.93. The average Bonchev–Trinajstić information content (AvgIpc) is 2.57. The lowest BCUT2D eigenvalue weighted by Gasteiger charge is -2.23. The van der Waals surface area contributed by atoms with Crippen molar-refractivity contribution in [3.05, 3.63) is 35.9 Å². The molecular formula is C16H21N3O. The van der Waals surface area contributed by atoms with Crippen LogP contribution in [0.3, 0.4) is 0 Å². The van der Waals surface area contributed by atoms with E-state index in [0.717, 1.165) is 31.5 Å². The first-order valence-electron chi connectivity index (χ1n) is 7.24. The summed E-state index contributed by atoms with van der Waals surface area (Å²) in [5.74, 6) is 0.142. The molecule has 106 valence electrons. The predicted octanol–water partition coefficient (Wildman–Crippen LogP) is 2.24.